The second-order valence-corrected chi connectivity index (χ2v) is 8.28. The molecule has 0 fully saturated rings. The summed E-state index contributed by atoms with van der Waals surface area (Å²) < 4.78 is 17.4. The maximum absolute atomic E-state index is 12.1. The Labute approximate surface area is 212 Å². The molecule has 2 amide bonds. The van der Waals surface area contributed by atoms with Crippen LogP contribution in [-0.2, 0) is 16.2 Å². The van der Waals surface area contributed by atoms with Crippen molar-refractivity contribution in [2.24, 2.45) is 5.10 Å². The van der Waals surface area contributed by atoms with Crippen LogP contribution < -0.4 is 25.0 Å². The van der Waals surface area contributed by atoms with E-state index in [1.165, 1.54) is 13.3 Å². The average Bonchev–Trinajstić information content (AvgIpc) is 2.84. The van der Waals surface area contributed by atoms with Crippen molar-refractivity contribution in [2.45, 2.75) is 20.5 Å². The number of methoxy groups -OCH3 is 1. The molecule has 0 heterocycles. The monoisotopic (exact) mass is 539 g/mol. The minimum absolute atomic E-state index is 0.379. The Kier molecular flexibility index (Phi) is 9.25. The summed E-state index contributed by atoms with van der Waals surface area (Å²) in [5.74, 6) is -0.0325. The van der Waals surface area contributed by atoms with E-state index in [2.05, 4.69) is 37.8 Å². The molecule has 0 aliphatic rings. The number of carbonyl (C=O) groups excluding carboxylic acids is 2. The highest BCUT2D eigenvalue weighted by atomic mass is 79.9. The van der Waals surface area contributed by atoms with Gasteiger partial charge in [0.1, 0.15) is 12.4 Å². The first-order valence-corrected chi connectivity index (χ1v) is 11.6. The van der Waals surface area contributed by atoms with Gasteiger partial charge in [-0.1, -0.05) is 29.8 Å². The summed E-state index contributed by atoms with van der Waals surface area (Å²) in [5.41, 5.74) is 5.50. The van der Waals surface area contributed by atoms with Crippen molar-refractivity contribution < 1.29 is 23.8 Å². The van der Waals surface area contributed by atoms with E-state index in [0.717, 1.165) is 11.1 Å². The fourth-order valence-electron chi connectivity index (χ4n) is 3.12. The van der Waals surface area contributed by atoms with E-state index >= 15 is 0 Å². The van der Waals surface area contributed by atoms with Crippen molar-refractivity contribution in [2.75, 3.05) is 19.0 Å². The summed E-state index contributed by atoms with van der Waals surface area (Å²) in [4.78, 5) is 24.2. The Balaban J connectivity index is 1.59. The molecule has 0 radical (unpaired) electrons. The second kappa shape index (κ2) is 12.6. The molecule has 0 aliphatic heterocycles. The molecular weight excluding hydrogens is 514 g/mol. The molecule has 3 aromatic carbocycles. The molecule has 0 saturated heterocycles. The lowest BCUT2D eigenvalue weighted by atomic mass is 10.1. The van der Waals surface area contributed by atoms with Gasteiger partial charge in [0, 0.05) is 5.69 Å². The zero-order valence-corrected chi connectivity index (χ0v) is 21.2. The molecule has 3 rings (SSSR count). The Morgan fingerprint density at radius 1 is 1.03 bits per heavy atom. The first kappa shape index (κ1) is 25.8. The van der Waals surface area contributed by atoms with Crippen LogP contribution in [0.2, 0.25) is 0 Å². The van der Waals surface area contributed by atoms with Crippen LogP contribution in [0, 0.1) is 6.92 Å². The minimum Gasteiger partial charge on any atom is -0.494 e. The Hall–Kier alpha value is -3.85. The number of hydrogen-bond acceptors (Lipinski definition) is 6. The van der Waals surface area contributed by atoms with E-state index < -0.39 is 11.8 Å². The molecule has 8 nitrogen and oxygen atoms in total. The van der Waals surface area contributed by atoms with Crippen molar-refractivity contribution in [1.29, 1.82) is 0 Å². The average molecular weight is 540 g/mol. The fourth-order valence-corrected chi connectivity index (χ4v) is 3.69. The van der Waals surface area contributed by atoms with Gasteiger partial charge in [-0.2, -0.15) is 5.10 Å². The van der Waals surface area contributed by atoms with Gasteiger partial charge in [-0.05, 0) is 77.3 Å². The van der Waals surface area contributed by atoms with Crippen molar-refractivity contribution in [3.8, 4) is 17.2 Å². The van der Waals surface area contributed by atoms with Gasteiger partial charge < -0.3 is 19.5 Å². The maximum Gasteiger partial charge on any atom is 0.329 e. The third kappa shape index (κ3) is 7.58. The molecule has 0 spiro atoms. The van der Waals surface area contributed by atoms with Gasteiger partial charge in [0.2, 0.25) is 0 Å². The molecule has 0 aromatic heterocycles. The maximum atomic E-state index is 12.1. The molecule has 35 heavy (non-hydrogen) atoms. The van der Waals surface area contributed by atoms with E-state index in [1.807, 2.05) is 32.0 Å². The number of anilines is 1. The summed E-state index contributed by atoms with van der Waals surface area (Å²) >= 11 is 3.50. The summed E-state index contributed by atoms with van der Waals surface area (Å²) in [7, 11) is 1.54. The van der Waals surface area contributed by atoms with Gasteiger partial charge in [-0.15, -0.1) is 0 Å². The molecule has 3 aromatic rings. The number of rotatable bonds is 9. The minimum atomic E-state index is -0.903. The number of amides is 2. The number of hydrogen-bond donors (Lipinski definition) is 2. The zero-order chi connectivity index (χ0) is 25.2. The van der Waals surface area contributed by atoms with Crippen molar-refractivity contribution >= 4 is 39.6 Å². The van der Waals surface area contributed by atoms with Crippen LogP contribution in [0.25, 0.3) is 0 Å². The fraction of sp³-hybridized carbons (Fsp3) is 0.192. The van der Waals surface area contributed by atoms with E-state index in [-0.39, 0.29) is 0 Å². The number of benzene rings is 3. The predicted octanol–water partition coefficient (Wildman–Crippen LogP) is 4.83. The second-order valence-electron chi connectivity index (χ2n) is 7.42. The lowest BCUT2D eigenvalue weighted by Crippen LogP contribution is -2.32. The zero-order valence-electron chi connectivity index (χ0n) is 19.6. The van der Waals surface area contributed by atoms with Crippen LogP contribution in [0.4, 0.5) is 5.69 Å². The van der Waals surface area contributed by atoms with Crippen LogP contribution >= 0.6 is 15.9 Å². The SMILES string of the molecule is CCOc1ccc(NC(=O)C(=O)N/N=C/c2cc(Br)c(OCc3cccc(C)c3)c(OC)c2)cc1. The van der Waals surface area contributed by atoms with Gasteiger partial charge in [0.15, 0.2) is 11.5 Å². The molecule has 182 valence electrons. The summed E-state index contributed by atoms with van der Waals surface area (Å²) in [6, 6.07) is 18.2. The third-order valence-electron chi connectivity index (χ3n) is 4.73. The van der Waals surface area contributed by atoms with E-state index in [9.17, 15) is 9.59 Å². The quantitative estimate of drug-likeness (QED) is 0.230. The Morgan fingerprint density at radius 3 is 2.49 bits per heavy atom. The summed E-state index contributed by atoms with van der Waals surface area (Å²) in [6.45, 7) is 4.82. The molecule has 0 bridgehead atoms. The van der Waals surface area contributed by atoms with Crippen LogP contribution in [0.3, 0.4) is 0 Å². The number of halogens is 1. The number of nitrogens with zero attached hydrogens (tertiary/aromatic N) is 1. The largest absolute Gasteiger partial charge is 0.494 e. The topological polar surface area (TPSA) is 98.2 Å². The standard InChI is InChI=1S/C26H26BrN3O5/c1-4-34-21-10-8-20(9-11-21)29-25(31)26(32)30-28-15-19-13-22(27)24(23(14-19)33-3)35-16-18-7-5-6-17(2)12-18/h5-15H,4,16H2,1-3H3,(H,29,31)(H,30,32)/b28-15+. The van der Waals surface area contributed by atoms with Gasteiger partial charge in [-0.3, -0.25) is 9.59 Å². The number of carbonyl (C=O) groups is 2. The van der Waals surface area contributed by atoms with Gasteiger partial charge >= 0.3 is 11.8 Å². The number of hydrazone groups is 1. The first-order chi connectivity index (χ1) is 16.9. The molecule has 0 unspecified atom stereocenters. The molecule has 0 atom stereocenters. The lowest BCUT2D eigenvalue weighted by molar-refractivity contribution is -0.136. The first-order valence-electron chi connectivity index (χ1n) is 10.8. The van der Waals surface area contributed by atoms with Gasteiger partial charge in [0.05, 0.1) is 24.4 Å². The highest BCUT2D eigenvalue weighted by molar-refractivity contribution is 9.10. The highest BCUT2D eigenvalue weighted by Crippen LogP contribution is 2.36. The predicted molar refractivity (Wildman–Crippen MR) is 138 cm³/mol. The van der Waals surface area contributed by atoms with E-state index in [0.29, 0.717) is 46.2 Å². The number of nitrogens with one attached hydrogen (secondary N) is 2. The smallest absolute Gasteiger partial charge is 0.329 e. The molecule has 2 N–H and O–H groups in total. The van der Waals surface area contributed by atoms with E-state index in [4.69, 9.17) is 14.2 Å². The Bertz CT molecular complexity index is 1210. The molecule has 0 aliphatic carbocycles. The van der Waals surface area contributed by atoms with Crippen LogP contribution in [-0.4, -0.2) is 31.7 Å². The summed E-state index contributed by atoms with van der Waals surface area (Å²) in [6.07, 6.45) is 1.40. The van der Waals surface area contributed by atoms with Crippen molar-refractivity contribution in [3.63, 3.8) is 0 Å². The van der Waals surface area contributed by atoms with Crippen LogP contribution in [0.15, 0.2) is 70.2 Å². The molecule has 9 heteroatoms. The van der Waals surface area contributed by atoms with Crippen molar-refractivity contribution in [3.05, 3.63) is 81.8 Å². The van der Waals surface area contributed by atoms with E-state index in [1.54, 1.807) is 36.4 Å². The van der Waals surface area contributed by atoms with Gasteiger partial charge in [-0.25, -0.2) is 5.43 Å². The lowest BCUT2D eigenvalue weighted by Gasteiger charge is -2.14. The number of aryl methyl sites for hydroxylation is 1. The highest BCUT2D eigenvalue weighted by Gasteiger charge is 2.14. The van der Waals surface area contributed by atoms with Crippen LogP contribution in [0.5, 0.6) is 17.2 Å². The molecule has 0 saturated carbocycles. The van der Waals surface area contributed by atoms with Crippen LogP contribution in [0.1, 0.15) is 23.6 Å². The summed E-state index contributed by atoms with van der Waals surface area (Å²) in [5, 5.41) is 6.37. The third-order valence-corrected chi connectivity index (χ3v) is 5.32. The molecular formula is C26H26BrN3O5. The normalized spacial score (nSPS) is 10.6. The Morgan fingerprint density at radius 2 is 1.80 bits per heavy atom. The van der Waals surface area contributed by atoms with Gasteiger partial charge in [0.25, 0.3) is 0 Å². The number of ether oxygens (including phenoxy) is 3. The van der Waals surface area contributed by atoms with Crippen molar-refractivity contribution in [1.82, 2.24) is 5.43 Å².